The summed E-state index contributed by atoms with van der Waals surface area (Å²) in [5.41, 5.74) is 0.525. The van der Waals surface area contributed by atoms with Gasteiger partial charge in [0.1, 0.15) is 11.4 Å². The van der Waals surface area contributed by atoms with Gasteiger partial charge in [-0.2, -0.15) is 0 Å². The molecule has 3 N–H and O–H groups in total. The van der Waals surface area contributed by atoms with Crippen molar-refractivity contribution < 1.29 is 14.3 Å². The average molecular weight is 395 g/mol. The Kier molecular flexibility index (Phi) is 4.84. The van der Waals surface area contributed by atoms with Crippen LogP contribution in [0.1, 0.15) is 24.2 Å². The predicted octanol–water partition coefficient (Wildman–Crippen LogP) is 3.22. The quantitative estimate of drug-likeness (QED) is 0.634. The van der Waals surface area contributed by atoms with Crippen molar-refractivity contribution >= 4 is 22.6 Å². The molecule has 6 nitrogen and oxygen atoms in total. The highest BCUT2D eigenvalue weighted by Crippen LogP contribution is 2.28. The van der Waals surface area contributed by atoms with Gasteiger partial charge in [0.05, 0.1) is 16.9 Å². The van der Waals surface area contributed by atoms with E-state index in [0.29, 0.717) is 29.9 Å². The van der Waals surface area contributed by atoms with E-state index in [1.54, 1.807) is 30.3 Å². The highest BCUT2D eigenvalue weighted by Gasteiger charge is 2.25. The molecule has 0 spiro atoms. The number of piperazine rings is 1. The first-order valence-corrected chi connectivity index (χ1v) is 9.54. The van der Waals surface area contributed by atoms with E-state index in [-0.39, 0.29) is 28.7 Å². The summed E-state index contributed by atoms with van der Waals surface area (Å²) in [7, 11) is 0. The number of benzene rings is 2. The number of carbonyl (C=O) groups is 1. The summed E-state index contributed by atoms with van der Waals surface area (Å²) in [6.07, 6.45) is 0. The largest absolute Gasteiger partial charge is 0.477 e. The highest BCUT2D eigenvalue weighted by atomic mass is 19.1. The Balaban J connectivity index is 1.94. The summed E-state index contributed by atoms with van der Waals surface area (Å²) in [4.78, 5) is 29.7. The molecular formula is C22H22FN3O3. The van der Waals surface area contributed by atoms with Crippen molar-refractivity contribution in [3.8, 4) is 11.3 Å². The second kappa shape index (κ2) is 7.33. The van der Waals surface area contributed by atoms with Gasteiger partial charge in [-0.15, -0.1) is 0 Å². The minimum absolute atomic E-state index is 0.0274. The SMILES string of the molecule is CC1CN(c2cc3[nH]c(-c4ccccc4)c(C(=O)O)c(=O)c3cc2F)CC(C)N1. The van der Waals surface area contributed by atoms with Gasteiger partial charge in [0.15, 0.2) is 0 Å². The zero-order valence-electron chi connectivity index (χ0n) is 16.2. The van der Waals surface area contributed by atoms with E-state index >= 15 is 0 Å². The number of anilines is 1. The molecule has 4 rings (SSSR count). The third-order valence-corrected chi connectivity index (χ3v) is 5.24. The number of aromatic amines is 1. The van der Waals surface area contributed by atoms with Gasteiger partial charge in [-0.25, -0.2) is 9.18 Å². The lowest BCUT2D eigenvalue weighted by Gasteiger charge is -2.37. The van der Waals surface area contributed by atoms with Gasteiger partial charge in [0.2, 0.25) is 5.43 Å². The zero-order valence-corrected chi connectivity index (χ0v) is 16.2. The number of aromatic nitrogens is 1. The molecule has 0 radical (unpaired) electrons. The van der Waals surface area contributed by atoms with Crippen molar-refractivity contribution in [3.05, 3.63) is 64.1 Å². The Morgan fingerprint density at radius 3 is 2.41 bits per heavy atom. The molecule has 1 fully saturated rings. The third kappa shape index (κ3) is 3.49. The topological polar surface area (TPSA) is 85.4 Å². The number of hydrogen-bond acceptors (Lipinski definition) is 4. The summed E-state index contributed by atoms with van der Waals surface area (Å²) < 4.78 is 14.9. The molecule has 150 valence electrons. The van der Waals surface area contributed by atoms with Gasteiger partial charge in [-0.3, -0.25) is 4.79 Å². The van der Waals surface area contributed by atoms with Crippen LogP contribution in [0.25, 0.3) is 22.2 Å². The summed E-state index contributed by atoms with van der Waals surface area (Å²) >= 11 is 0. The molecule has 2 aromatic carbocycles. The maximum atomic E-state index is 14.9. The molecule has 1 saturated heterocycles. The monoisotopic (exact) mass is 395 g/mol. The van der Waals surface area contributed by atoms with Crippen LogP contribution in [0.4, 0.5) is 10.1 Å². The van der Waals surface area contributed by atoms with Crippen molar-refractivity contribution in [2.24, 2.45) is 0 Å². The number of carboxylic acids is 1. The maximum Gasteiger partial charge on any atom is 0.341 e. The Morgan fingerprint density at radius 2 is 1.79 bits per heavy atom. The van der Waals surface area contributed by atoms with Crippen LogP contribution >= 0.6 is 0 Å². The number of nitrogens with one attached hydrogen (secondary N) is 2. The molecule has 3 aromatic rings. The standard InChI is InChI=1S/C22H22FN3O3/c1-12-10-26(11-13(2)24-12)18-9-17-15(8-16(18)23)21(27)19(22(28)29)20(25-17)14-6-4-3-5-7-14/h3-9,12-13,24H,10-11H2,1-2H3,(H,25,27)(H,28,29). The first-order valence-electron chi connectivity index (χ1n) is 9.54. The molecular weight excluding hydrogens is 373 g/mol. The molecule has 29 heavy (non-hydrogen) atoms. The predicted molar refractivity (Wildman–Crippen MR) is 111 cm³/mol. The second-order valence-corrected chi connectivity index (χ2v) is 7.60. The Bertz CT molecular complexity index is 1130. The Labute approximate surface area is 167 Å². The number of hydrogen-bond donors (Lipinski definition) is 3. The average Bonchev–Trinajstić information content (AvgIpc) is 2.67. The van der Waals surface area contributed by atoms with Crippen LogP contribution in [0.2, 0.25) is 0 Å². The lowest BCUT2D eigenvalue weighted by atomic mass is 10.0. The van der Waals surface area contributed by atoms with Crippen molar-refractivity contribution in [1.29, 1.82) is 0 Å². The van der Waals surface area contributed by atoms with Crippen LogP contribution < -0.4 is 15.6 Å². The summed E-state index contributed by atoms with van der Waals surface area (Å²) in [6, 6.07) is 11.9. The molecule has 1 aromatic heterocycles. The van der Waals surface area contributed by atoms with E-state index in [0.717, 1.165) is 6.07 Å². The van der Waals surface area contributed by atoms with E-state index < -0.39 is 17.2 Å². The van der Waals surface area contributed by atoms with Gasteiger partial charge in [0, 0.05) is 30.6 Å². The van der Waals surface area contributed by atoms with Crippen LogP contribution in [-0.2, 0) is 0 Å². The fraction of sp³-hybridized carbons (Fsp3) is 0.273. The fourth-order valence-electron chi connectivity index (χ4n) is 4.09. The smallest absolute Gasteiger partial charge is 0.341 e. The molecule has 0 aliphatic carbocycles. The van der Waals surface area contributed by atoms with Gasteiger partial charge >= 0.3 is 5.97 Å². The van der Waals surface area contributed by atoms with Crippen LogP contribution in [0.3, 0.4) is 0 Å². The van der Waals surface area contributed by atoms with Crippen LogP contribution in [0.15, 0.2) is 47.3 Å². The summed E-state index contributed by atoms with van der Waals surface area (Å²) in [5.74, 6) is -1.88. The van der Waals surface area contributed by atoms with Crippen molar-refractivity contribution in [3.63, 3.8) is 0 Å². The molecule has 1 aliphatic heterocycles. The molecule has 2 atom stereocenters. The molecule has 2 heterocycles. The molecule has 1 aliphatic rings. The normalized spacial score (nSPS) is 19.5. The van der Waals surface area contributed by atoms with Crippen molar-refractivity contribution in [2.45, 2.75) is 25.9 Å². The lowest BCUT2D eigenvalue weighted by molar-refractivity contribution is 0.0696. The molecule has 0 amide bonds. The van der Waals surface area contributed by atoms with Crippen molar-refractivity contribution in [2.75, 3.05) is 18.0 Å². The fourth-order valence-corrected chi connectivity index (χ4v) is 4.09. The summed E-state index contributed by atoms with van der Waals surface area (Å²) in [5, 5.41) is 13.1. The van der Waals surface area contributed by atoms with Crippen molar-refractivity contribution in [1.82, 2.24) is 10.3 Å². The number of carboxylic acid groups (broad SMARTS) is 1. The number of halogens is 1. The second-order valence-electron chi connectivity index (χ2n) is 7.60. The highest BCUT2D eigenvalue weighted by molar-refractivity contribution is 5.99. The van der Waals surface area contributed by atoms with E-state index in [9.17, 15) is 19.1 Å². The number of nitrogens with zero attached hydrogens (tertiary/aromatic N) is 1. The number of H-pyrrole nitrogens is 1. The third-order valence-electron chi connectivity index (χ3n) is 5.24. The number of aromatic carboxylic acids is 1. The van der Waals surface area contributed by atoms with E-state index in [4.69, 9.17) is 0 Å². The zero-order chi connectivity index (χ0) is 20.7. The number of fused-ring (bicyclic) bond motifs is 1. The van der Waals surface area contributed by atoms with E-state index in [1.165, 1.54) is 0 Å². The molecule has 2 unspecified atom stereocenters. The Morgan fingerprint density at radius 1 is 1.14 bits per heavy atom. The van der Waals surface area contributed by atoms with Gasteiger partial charge < -0.3 is 20.3 Å². The number of pyridine rings is 1. The maximum absolute atomic E-state index is 14.9. The van der Waals surface area contributed by atoms with E-state index in [2.05, 4.69) is 10.3 Å². The van der Waals surface area contributed by atoms with Gasteiger partial charge in [-0.1, -0.05) is 30.3 Å². The minimum atomic E-state index is -1.35. The Hall–Kier alpha value is -3.19. The van der Waals surface area contributed by atoms with Gasteiger partial charge in [-0.05, 0) is 31.5 Å². The summed E-state index contributed by atoms with van der Waals surface area (Å²) in [6.45, 7) is 5.35. The first kappa shape index (κ1) is 19.1. The van der Waals surface area contributed by atoms with Crippen LogP contribution in [0, 0.1) is 5.82 Å². The minimum Gasteiger partial charge on any atom is -0.477 e. The van der Waals surface area contributed by atoms with Gasteiger partial charge in [0.25, 0.3) is 0 Å². The number of rotatable bonds is 3. The molecule has 7 heteroatoms. The van der Waals surface area contributed by atoms with E-state index in [1.807, 2.05) is 24.8 Å². The molecule has 0 saturated carbocycles. The molecule has 0 bridgehead atoms. The van der Waals surface area contributed by atoms with Crippen LogP contribution in [-0.4, -0.2) is 41.2 Å². The van der Waals surface area contributed by atoms with Crippen LogP contribution in [0.5, 0.6) is 0 Å². The lowest BCUT2D eigenvalue weighted by Crippen LogP contribution is -2.54. The first-order chi connectivity index (χ1) is 13.8.